The van der Waals surface area contributed by atoms with Gasteiger partial charge in [-0.2, -0.15) is 0 Å². The molecule has 1 aliphatic rings. The Hall–Kier alpha value is -2.98. The van der Waals surface area contributed by atoms with Crippen molar-refractivity contribution < 1.29 is 27.1 Å². The third-order valence-electron chi connectivity index (χ3n) is 4.55. The van der Waals surface area contributed by atoms with E-state index < -0.39 is 26.6 Å². The predicted molar refractivity (Wildman–Crippen MR) is 105 cm³/mol. The van der Waals surface area contributed by atoms with Crippen molar-refractivity contribution in [2.75, 3.05) is 31.1 Å². The van der Waals surface area contributed by atoms with Gasteiger partial charge >= 0.3 is 0 Å². The van der Waals surface area contributed by atoms with Crippen LogP contribution in [0.25, 0.3) is 10.9 Å². The largest absolute Gasteiger partial charge is 0.483 e. The minimum atomic E-state index is -4.17. The monoisotopic (exact) mass is 423 g/mol. The molecule has 0 spiro atoms. The van der Waals surface area contributed by atoms with Crippen LogP contribution in [0.2, 0.25) is 0 Å². The average molecular weight is 423 g/mol. The molecule has 0 aliphatic carbocycles. The first-order chi connectivity index (χ1) is 13.9. The number of benzene rings is 2. The number of fused-ring (bicyclic) bond motifs is 1. The third-order valence-corrected chi connectivity index (χ3v) is 6.28. The summed E-state index contributed by atoms with van der Waals surface area (Å²) in [4.78, 5) is 9.97. The number of aromatic nitrogens is 1. The molecule has 1 aliphatic heterocycles. The van der Waals surface area contributed by atoms with Crippen molar-refractivity contribution in [3.05, 3.63) is 60.3 Å². The van der Waals surface area contributed by atoms with E-state index in [2.05, 4.69) is 10.2 Å². The van der Waals surface area contributed by atoms with Crippen molar-refractivity contribution in [1.82, 2.24) is 9.29 Å². The number of rotatable bonds is 3. The first-order valence-corrected chi connectivity index (χ1v) is 10.2. The molecule has 2 N–H and O–H groups in total. The molecule has 0 amide bonds. The minimum Gasteiger partial charge on any atom is -0.483 e. The zero-order chi connectivity index (χ0) is 21.0. The fourth-order valence-electron chi connectivity index (χ4n) is 3.21. The van der Waals surface area contributed by atoms with Crippen molar-refractivity contribution >= 4 is 33.1 Å². The SMILES string of the molecule is O=CO.O=S(=O)(c1ccc(F)cc1F)n1ccc2ccc(N3CCNCC3)cc21. The highest BCUT2D eigenvalue weighted by atomic mass is 32.2. The van der Waals surface area contributed by atoms with Crippen LogP contribution in [-0.4, -0.2) is 50.1 Å². The Labute approximate surface area is 166 Å². The molecule has 10 heteroatoms. The maximum Gasteiger partial charge on any atom is 0.290 e. The molecule has 1 fully saturated rings. The smallest absolute Gasteiger partial charge is 0.290 e. The summed E-state index contributed by atoms with van der Waals surface area (Å²) in [5, 5.41) is 10.9. The van der Waals surface area contributed by atoms with Crippen LogP contribution in [-0.2, 0) is 14.8 Å². The summed E-state index contributed by atoms with van der Waals surface area (Å²) in [5.41, 5.74) is 1.37. The van der Waals surface area contributed by atoms with E-state index in [9.17, 15) is 17.2 Å². The zero-order valence-corrected chi connectivity index (χ0v) is 16.1. The van der Waals surface area contributed by atoms with E-state index in [1.165, 1.54) is 6.20 Å². The van der Waals surface area contributed by atoms with Crippen LogP contribution >= 0.6 is 0 Å². The Balaban J connectivity index is 0.000000755. The van der Waals surface area contributed by atoms with Gasteiger partial charge < -0.3 is 15.3 Å². The number of carbonyl (C=O) groups is 1. The summed E-state index contributed by atoms with van der Waals surface area (Å²) in [6.45, 7) is 3.12. The maximum atomic E-state index is 14.1. The Morgan fingerprint density at radius 2 is 1.72 bits per heavy atom. The molecule has 7 nitrogen and oxygen atoms in total. The van der Waals surface area contributed by atoms with E-state index in [4.69, 9.17) is 9.90 Å². The average Bonchev–Trinajstić information content (AvgIpc) is 3.13. The molecule has 1 saturated heterocycles. The number of hydrogen-bond donors (Lipinski definition) is 2. The molecule has 0 unspecified atom stereocenters. The predicted octanol–water partition coefficient (Wildman–Crippen LogP) is 2.27. The van der Waals surface area contributed by atoms with Crippen molar-refractivity contribution in [3.8, 4) is 0 Å². The highest BCUT2D eigenvalue weighted by Gasteiger charge is 2.23. The van der Waals surface area contributed by atoms with Gasteiger partial charge in [-0.3, -0.25) is 4.79 Å². The lowest BCUT2D eigenvalue weighted by Gasteiger charge is -2.29. The Morgan fingerprint density at radius 1 is 1.03 bits per heavy atom. The lowest BCUT2D eigenvalue weighted by Crippen LogP contribution is -2.43. The van der Waals surface area contributed by atoms with Crippen molar-refractivity contribution in [3.63, 3.8) is 0 Å². The van der Waals surface area contributed by atoms with Gasteiger partial charge in [-0.15, -0.1) is 0 Å². The van der Waals surface area contributed by atoms with E-state index in [1.807, 2.05) is 12.1 Å². The minimum absolute atomic E-state index is 0.250. The molecule has 0 saturated carbocycles. The summed E-state index contributed by atoms with van der Waals surface area (Å²) < 4.78 is 54.1. The number of nitrogens with zero attached hydrogens (tertiary/aromatic N) is 2. The Bertz CT molecular complexity index is 1130. The van der Waals surface area contributed by atoms with Crippen molar-refractivity contribution in [1.29, 1.82) is 0 Å². The van der Waals surface area contributed by atoms with E-state index >= 15 is 0 Å². The van der Waals surface area contributed by atoms with Crippen LogP contribution in [0.3, 0.4) is 0 Å². The van der Waals surface area contributed by atoms with Gasteiger partial charge in [0, 0.05) is 49.5 Å². The summed E-state index contributed by atoms with van der Waals surface area (Å²) in [7, 11) is -4.17. The third kappa shape index (κ3) is 4.22. The van der Waals surface area contributed by atoms with Crippen molar-refractivity contribution in [2.45, 2.75) is 4.90 Å². The number of nitrogens with one attached hydrogen (secondary N) is 1. The molecule has 0 radical (unpaired) electrons. The van der Waals surface area contributed by atoms with Gasteiger partial charge in [0.15, 0.2) is 0 Å². The summed E-state index contributed by atoms with van der Waals surface area (Å²) in [6.07, 6.45) is 1.39. The van der Waals surface area contributed by atoms with Gasteiger partial charge in [0.05, 0.1) is 5.52 Å². The van der Waals surface area contributed by atoms with Crippen LogP contribution in [0, 0.1) is 11.6 Å². The van der Waals surface area contributed by atoms with E-state index in [0.717, 1.165) is 53.4 Å². The van der Waals surface area contributed by atoms with Crippen molar-refractivity contribution in [2.24, 2.45) is 0 Å². The van der Waals surface area contributed by atoms with Crippen LogP contribution < -0.4 is 10.2 Å². The fraction of sp³-hybridized carbons (Fsp3) is 0.211. The van der Waals surface area contributed by atoms with Gasteiger partial charge in [-0.05, 0) is 30.3 Å². The Kier molecular flexibility index (Phi) is 6.14. The van der Waals surface area contributed by atoms with Gasteiger partial charge in [0.25, 0.3) is 16.5 Å². The van der Waals surface area contributed by atoms with E-state index in [0.29, 0.717) is 11.6 Å². The molecule has 29 heavy (non-hydrogen) atoms. The maximum absolute atomic E-state index is 14.1. The number of hydrogen-bond acceptors (Lipinski definition) is 5. The summed E-state index contributed by atoms with van der Waals surface area (Å²) in [6, 6.07) is 9.71. The standard InChI is InChI=1S/C18H17F2N3O2S.CH2O2/c19-14-2-4-18(16(20)11-14)26(24,25)23-8-5-13-1-3-15(12-17(13)23)22-9-6-21-7-10-22;2-1-3/h1-5,8,11-12,21H,6-7,9-10H2;1H,(H,2,3). The number of piperazine rings is 1. The number of anilines is 1. The molecule has 2 heterocycles. The Morgan fingerprint density at radius 3 is 2.38 bits per heavy atom. The van der Waals surface area contributed by atoms with Crippen LogP contribution in [0.1, 0.15) is 0 Å². The van der Waals surface area contributed by atoms with Crippen LogP contribution in [0.4, 0.5) is 14.5 Å². The molecular formula is C19H19F2N3O4S. The molecule has 0 atom stereocenters. The highest BCUT2D eigenvalue weighted by molar-refractivity contribution is 7.90. The first-order valence-electron chi connectivity index (χ1n) is 8.73. The normalized spacial score (nSPS) is 14.3. The van der Waals surface area contributed by atoms with Gasteiger partial charge in [0.2, 0.25) is 0 Å². The molecule has 0 bridgehead atoms. The zero-order valence-electron chi connectivity index (χ0n) is 15.3. The fourth-order valence-corrected chi connectivity index (χ4v) is 4.61. The lowest BCUT2D eigenvalue weighted by atomic mass is 10.2. The second-order valence-electron chi connectivity index (χ2n) is 6.28. The second-order valence-corrected chi connectivity index (χ2v) is 8.06. The molecule has 4 rings (SSSR count). The number of carboxylic acid groups (broad SMARTS) is 1. The molecular weight excluding hydrogens is 404 g/mol. The topological polar surface area (TPSA) is 91.6 Å². The summed E-state index contributed by atoms with van der Waals surface area (Å²) in [5.74, 6) is -1.93. The van der Waals surface area contributed by atoms with Gasteiger partial charge in [-0.25, -0.2) is 21.2 Å². The number of halogens is 2. The molecule has 154 valence electrons. The van der Waals surface area contributed by atoms with Gasteiger partial charge in [-0.1, -0.05) is 6.07 Å². The molecule has 1 aromatic heterocycles. The molecule has 3 aromatic rings. The van der Waals surface area contributed by atoms with Gasteiger partial charge in [0.1, 0.15) is 16.5 Å². The summed E-state index contributed by atoms with van der Waals surface area (Å²) >= 11 is 0. The van der Waals surface area contributed by atoms with E-state index in [-0.39, 0.29) is 6.47 Å². The second kappa shape index (κ2) is 8.58. The highest BCUT2D eigenvalue weighted by Crippen LogP contribution is 2.28. The quantitative estimate of drug-likeness (QED) is 0.628. The molecule has 2 aromatic carbocycles. The van der Waals surface area contributed by atoms with E-state index in [1.54, 1.807) is 12.1 Å². The van der Waals surface area contributed by atoms with Crippen LogP contribution in [0.15, 0.2) is 53.6 Å². The van der Waals surface area contributed by atoms with Crippen LogP contribution in [0.5, 0.6) is 0 Å². The lowest BCUT2D eigenvalue weighted by molar-refractivity contribution is -0.122. The first kappa shape index (κ1) is 20.7.